The van der Waals surface area contributed by atoms with Gasteiger partial charge in [0.25, 0.3) is 0 Å². The van der Waals surface area contributed by atoms with Crippen LogP contribution >= 0.6 is 0 Å². The van der Waals surface area contributed by atoms with Crippen LogP contribution in [0.5, 0.6) is 5.75 Å². The van der Waals surface area contributed by atoms with Crippen LogP contribution in [0.4, 0.5) is 0 Å². The molecular weight excluding hydrogens is 266 g/mol. The first-order chi connectivity index (χ1) is 10.1. The van der Waals surface area contributed by atoms with Crippen LogP contribution in [-0.2, 0) is 11.3 Å². The predicted octanol–water partition coefficient (Wildman–Crippen LogP) is 0.947. The summed E-state index contributed by atoms with van der Waals surface area (Å²) in [6, 6.07) is 7.75. The Bertz CT molecular complexity index is 472. The number of nitrogens with zero attached hydrogens (tertiary/aromatic N) is 2. The number of likely N-dealkylation sites (N-methyl/N-ethyl adjacent to an activating group) is 1. The quantitative estimate of drug-likeness (QED) is 0.877. The summed E-state index contributed by atoms with van der Waals surface area (Å²) in [5.74, 6) is 0.981. The van der Waals surface area contributed by atoms with Gasteiger partial charge in [-0.2, -0.15) is 0 Å². The molecule has 21 heavy (non-hydrogen) atoms. The third-order valence-corrected chi connectivity index (χ3v) is 4.03. The van der Waals surface area contributed by atoms with E-state index in [0.717, 1.165) is 37.5 Å². The molecule has 1 amide bonds. The molecule has 1 saturated heterocycles. The van der Waals surface area contributed by atoms with Crippen molar-refractivity contribution in [3.8, 4) is 5.75 Å². The zero-order chi connectivity index (χ0) is 15.2. The highest BCUT2D eigenvalue weighted by molar-refractivity contribution is 5.81. The molecule has 1 aliphatic rings. The largest absolute Gasteiger partial charge is 0.496 e. The van der Waals surface area contributed by atoms with Crippen molar-refractivity contribution >= 4 is 5.91 Å². The van der Waals surface area contributed by atoms with Crippen molar-refractivity contribution < 1.29 is 9.53 Å². The van der Waals surface area contributed by atoms with E-state index in [-0.39, 0.29) is 11.9 Å². The molecule has 0 aliphatic carbocycles. The van der Waals surface area contributed by atoms with Gasteiger partial charge in [0.2, 0.25) is 5.91 Å². The molecule has 1 atom stereocenters. The summed E-state index contributed by atoms with van der Waals surface area (Å²) in [7, 11) is 3.51. The SMILES string of the molecule is COc1ccccc1CN(C)C(=O)C(C)N1CCNCC1. The molecule has 2 rings (SSSR count). The number of carbonyl (C=O) groups excluding carboxylic acids is 1. The number of para-hydroxylation sites is 1. The third-order valence-electron chi connectivity index (χ3n) is 4.03. The van der Waals surface area contributed by atoms with Crippen molar-refractivity contribution in [3.05, 3.63) is 29.8 Å². The maximum Gasteiger partial charge on any atom is 0.239 e. The predicted molar refractivity (Wildman–Crippen MR) is 83.4 cm³/mol. The number of carbonyl (C=O) groups is 1. The number of benzene rings is 1. The van der Waals surface area contributed by atoms with Crippen molar-refractivity contribution in [2.75, 3.05) is 40.3 Å². The van der Waals surface area contributed by atoms with Crippen molar-refractivity contribution in [3.63, 3.8) is 0 Å². The number of methoxy groups -OCH3 is 1. The molecule has 5 heteroatoms. The van der Waals surface area contributed by atoms with Gasteiger partial charge in [-0.25, -0.2) is 0 Å². The van der Waals surface area contributed by atoms with Crippen molar-refractivity contribution in [1.82, 2.24) is 15.1 Å². The fraction of sp³-hybridized carbons (Fsp3) is 0.562. The highest BCUT2D eigenvalue weighted by Crippen LogP contribution is 2.19. The molecule has 1 heterocycles. The van der Waals surface area contributed by atoms with Gasteiger partial charge in [-0.1, -0.05) is 18.2 Å². The number of nitrogens with one attached hydrogen (secondary N) is 1. The standard InChI is InChI=1S/C16H25N3O2/c1-13(19-10-8-17-9-11-19)16(20)18(2)12-14-6-4-5-7-15(14)21-3/h4-7,13,17H,8-12H2,1-3H3. The number of piperazine rings is 1. The number of hydrogen-bond donors (Lipinski definition) is 1. The van der Waals surface area contributed by atoms with Crippen LogP contribution in [0, 0.1) is 0 Å². The summed E-state index contributed by atoms with van der Waals surface area (Å²) in [5.41, 5.74) is 1.03. The fourth-order valence-corrected chi connectivity index (χ4v) is 2.71. The normalized spacial score (nSPS) is 17.3. The van der Waals surface area contributed by atoms with Crippen LogP contribution in [0.25, 0.3) is 0 Å². The number of hydrogen-bond acceptors (Lipinski definition) is 4. The van der Waals surface area contributed by atoms with E-state index in [1.807, 2.05) is 38.2 Å². The van der Waals surface area contributed by atoms with Gasteiger partial charge in [-0.15, -0.1) is 0 Å². The minimum atomic E-state index is -0.0770. The minimum absolute atomic E-state index is 0.0770. The first-order valence-electron chi connectivity index (χ1n) is 7.45. The van der Waals surface area contributed by atoms with Gasteiger partial charge >= 0.3 is 0 Å². The highest BCUT2D eigenvalue weighted by atomic mass is 16.5. The topological polar surface area (TPSA) is 44.8 Å². The van der Waals surface area contributed by atoms with E-state index >= 15 is 0 Å². The zero-order valence-electron chi connectivity index (χ0n) is 13.1. The van der Waals surface area contributed by atoms with E-state index in [0.29, 0.717) is 6.54 Å². The summed E-state index contributed by atoms with van der Waals surface area (Å²) in [4.78, 5) is 16.6. The lowest BCUT2D eigenvalue weighted by atomic mass is 10.1. The van der Waals surface area contributed by atoms with E-state index < -0.39 is 0 Å². The Balaban J connectivity index is 1.98. The fourth-order valence-electron chi connectivity index (χ4n) is 2.71. The minimum Gasteiger partial charge on any atom is -0.496 e. The van der Waals surface area contributed by atoms with Crippen LogP contribution in [0.15, 0.2) is 24.3 Å². The smallest absolute Gasteiger partial charge is 0.239 e. The maximum atomic E-state index is 12.6. The van der Waals surface area contributed by atoms with E-state index in [9.17, 15) is 4.79 Å². The molecule has 0 radical (unpaired) electrons. The van der Waals surface area contributed by atoms with Crippen LogP contribution in [-0.4, -0.2) is 62.1 Å². The molecule has 1 N–H and O–H groups in total. The number of amides is 1. The van der Waals surface area contributed by atoms with Gasteiger partial charge in [0.05, 0.1) is 13.2 Å². The summed E-state index contributed by atoms with van der Waals surface area (Å²) in [6.07, 6.45) is 0. The molecule has 1 fully saturated rings. The third kappa shape index (κ3) is 3.95. The second-order valence-corrected chi connectivity index (χ2v) is 5.47. The number of rotatable bonds is 5. The second kappa shape index (κ2) is 7.43. The Morgan fingerprint density at radius 3 is 2.71 bits per heavy atom. The van der Waals surface area contributed by atoms with Gasteiger partial charge in [0.15, 0.2) is 0 Å². The lowest BCUT2D eigenvalue weighted by molar-refractivity contribution is -0.135. The van der Waals surface area contributed by atoms with Crippen LogP contribution in [0.2, 0.25) is 0 Å². The van der Waals surface area contributed by atoms with Crippen molar-refractivity contribution in [2.45, 2.75) is 19.5 Å². The molecule has 1 aromatic carbocycles. The summed E-state index contributed by atoms with van der Waals surface area (Å²) in [5, 5.41) is 3.31. The molecule has 5 nitrogen and oxygen atoms in total. The summed E-state index contributed by atoms with van der Waals surface area (Å²) < 4.78 is 5.35. The molecule has 0 bridgehead atoms. The van der Waals surface area contributed by atoms with Crippen LogP contribution < -0.4 is 10.1 Å². The molecule has 116 valence electrons. The monoisotopic (exact) mass is 291 g/mol. The zero-order valence-corrected chi connectivity index (χ0v) is 13.1. The van der Waals surface area contributed by atoms with Gasteiger partial charge in [-0.05, 0) is 13.0 Å². The van der Waals surface area contributed by atoms with Crippen molar-refractivity contribution in [2.24, 2.45) is 0 Å². The molecule has 1 unspecified atom stereocenters. The van der Waals surface area contributed by atoms with E-state index in [4.69, 9.17) is 4.74 Å². The Kier molecular flexibility index (Phi) is 5.59. The molecule has 0 spiro atoms. The van der Waals surface area contributed by atoms with Gasteiger partial charge in [-0.3, -0.25) is 9.69 Å². The van der Waals surface area contributed by atoms with E-state index in [2.05, 4.69) is 10.2 Å². The Labute approximate surface area is 126 Å². The average molecular weight is 291 g/mol. The first-order valence-corrected chi connectivity index (χ1v) is 7.45. The van der Waals surface area contributed by atoms with Gasteiger partial charge < -0.3 is 15.0 Å². The summed E-state index contributed by atoms with van der Waals surface area (Å²) >= 11 is 0. The Hall–Kier alpha value is -1.59. The van der Waals surface area contributed by atoms with Crippen molar-refractivity contribution in [1.29, 1.82) is 0 Å². The second-order valence-electron chi connectivity index (χ2n) is 5.47. The van der Waals surface area contributed by atoms with E-state index in [1.165, 1.54) is 0 Å². The Morgan fingerprint density at radius 2 is 2.05 bits per heavy atom. The lowest BCUT2D eigenvalue weighted by Gasteiger charge is -2.34. The van der Waals surface area contributed by atoms with Crippen LogP contribution in [0.1, 0.15) is 12.5 Å². The maximum absolute atomic E-state index is 12.6. The average Bonchev–Trinajstić information content (AvgIpc) is 2.54. The molecule has 0 aromatic heterocycles. The molecule has 1 aromatic rings. The first kappa shape index (κ1) is 15.8. The van der Waals surface area contributed by atoms with Gasteiger partial charge in [0, 0.05) is 45.3 Å². The van der Waals surface area contributed by atoms with Gasteiger partial charge in [0.1, 0.15) is 5.75 Å². The Morgan fingerprint density at radius 1 is 1.38 bits per heavy atom. The number of ether oxygens (including phenoxy) is 1. The highest BCUT2D eigenvalue weighted by Gasteiger charge is 2.25. The molecule has 0 saturated carbocycles. The lowest BCUT2D eigenvalue weighted by Crippen LogP contribution is -2.52. The summed E-state index contributed by atoms with van der Waals surface area (Å²) in [6.45, 7) is 6.32. The molecular formula is C16H25N3O2. The molecule has 1 aliphatic heterocycles. The van der Waals surface area contributed by atoms with Crippen LogP contribution in [0.3, 0.4) is 0 Å². The van der Waals surface area contributed by atoms with E-state index in [1.54, 1.807) is 12.0 Å².